The molecule has 0 saturated carbocycles. The van der Waals surface area contributed by atoms with Crippen LogP contribution in [0.2, 0.25) is 0 Å². The third kappa shape index (κ3) is 2.89. The average Bonchev–Trinajstić information content (AvgIpc) is 2.62. The minimum Gasteiger partial charge on any atom is -0.459 e. The first-order valence-corrected chi connectivity index (χ1v) is 6.81. The number of nitrogens with zero attached hydrogens (tertiary/aromatic N) is 2. The highest BCUT2D eigenvalue weighted by Crippen LogP contribution is 2.30. The van der Waals surface area contributed by atoms with E-state index >= 15 is 0 Å². The van der Waals surface area contributed by atoms with E-state index in [0.29, 0.717) is 5.57 Å². The van der Waals surface area contributed by atoms with Gasteiger partial charge in [-0.2, -0.15) is 5.06 Å². The number of urea groups is 1. The SMILES string of the molecule is CC1=C[C@H]2CN(C(=O)N2O[C@H](F)C(=O)OC(C)C)[C@@H]1C(N)=O. The Morgan fingerprint density at radius 2 is 2.09 bits per heavy atom. The van der Waals surface area contributed by atoms with Crippen LogP contribution in [-0.4, -0.2) is 59.0 Å². The van der Waals surface area contributed by atoms with Crippen molar-refractivity contribution in [1.82, 2.24) is 9.96 Å². The van der Waals surface area contributed by atoms with Crippen molar-refractivity contribution >= 4 is 17.9 Å². The van der Waals surface area contributed by atoms with E-state index in [1.165, 1.54) is 4.90 Å². The second kappa shape index (κ2) is 5.91. The topological polar surface area (TPSA) is 102 Å². The van der Waals surface area contributed by atoms with Crippen LogP contribution in [0.5, 0.6) is 0 Å². The summed E-state index contributed by atoms with van der Waals surface area (Å²) in [5.41, 5.74) is 5.85. The molecule has 3 atom stereocenters. The third-order valence-electron chi connectivity index (χ3n) is 3.33. The number of amides is 3. The van der Waals surface area contributed by atoms with Crippen molar-refractivity contribution in [3.63, 3.8) is 0 Å². The molecule has 9 heteroatoms. The summed E-state index contributed by atoms with van der Waals surface area (Å²) in [6.07, 6.45) is -1.34. The van der Waals surface area contributed by atoms with Crippen LogP contribution in [0.3, 0.4) is 0 Å². The van der Waals surface area contributed by atoms with Crippen molar-refractivity contribution in [2.75, 3.05) is 6.54 Å². The van der Waals surface area contributed by atoms with Crippen LogP contribution < -0.4 is 5.73 Å². The summed E-state index contributed by atoms with van der Waals surface area (Å²) in [4.78, 5) is 41.0. The summed E-state index contributed by atoms with van der Waals surface area (Å²) >= 11 is 0. The van der Waals surface area contributed by atoms with E-state index in [-0.39, 0.29) is 6.54 Å². The van der Waals surface area contributed by atoms with Crippen molar-refractivity contribution in [3.8, 4) is 0 Å². The Morgan fingerprint density at radius 1 is 1.45 bits per heavy atom. The van der Waals surface area contributed by atoms with Gasteiger partial charge in [0.15, 0.2) is 0 Å². The number of ether oxygens (including phenoxy) is 1. The van der Waals surface area contributed by atoms with Gasteiger partial charge in [-0.1, -0.05) is 6.08 Å². The van der Waals surface area contributed by atoms with E-state index in [1.54, 1.807) is 26.8 Å². The summed E-state index contributed by atoms with van der Waals surface area (Å²) in [5.74, 6) is -1.90. The van der Waals surface area contributed by atoms with Crippen LogP contribution in [0.4, 0.5) is 9.18 Å². The quantitative estimate of drug-likeness (QED) is 0.572. The summed E-state index contributed by atoms with van der Waals surface area (Å²) in [7, 11) is 0. The van der Waals surface area contributed by atoms with E-state index < -0.39 is 42.5 Å². The van der Waals surface area contributed by atoms with Crippen molar-refractivity contribution in [2.24, 2.45) is 5.73 Å². The summed E-state index contributed by atoms with van der Waals surface area (Å²) in [6.45, 7) is 4.91. The summed E-state index contributed by atoms with van der Waals surface area (Å²) < 4.78 is 18.4. The molecule has 2 aliphatic rings. The summed E-state index contributed by atoms with van der Waals surface area (Å²) in [5, 5.41) is 0.735. The Kier molecular flexibility index (Phi) is 4.36. The van der Waals surface area contributed by atoms with Gasteiger partial charge in [0, 0.05) is 0 Å². The van der Waals surface area contributed by atoms with Crippen LogP contribution in [0.15, 0.2) is 11.6 Å². The Hall–Kier alpha value is -2.16. The van der Waals surface area contributed by atoms with Gasteiger partial charge in [0.25, 0.3) is 0 Å². The largest absolute Gasteiger partial charge is 0.459 e. The first kappa shape index (κ1) is 16.2. The van der Waals surface area contributed by atoms with E-state index in [2.05, 4.69) is 4.74 Å². The van der Waals surface area contributed by atoms with Crippen molar-refractivity contribution in [3.05, 3.63) is 11.6 Å². The number of hydroxylamine groups is 2. The van der Waals surface area contributed by atoms with Crippen molar-refractivity contribution < 1.29 is 28.3 Å². The summed E-state index contributed by atoms with van der Waals surface area (Å²) in [6, 6.07) is -2.20. The molecular weight excluding hydrogens is 297 g/mol. The standard InChI is InChI=1S/C13H18FN3O5/c1-6(2)21-12(19)10(14)22-17-8-4-7(3)9(11(15)18)16(5-8)13(17)20/h4,6,8-10H,5H2,1-3H3,(H2,15,18)/t8-,9-,10-/m0/s1. The van der Waals surface area contributed by atoms with Gasteiger partial charge in [-0.25, -0.2) is 18.8 Å². The first-order valence-electron chi connectivity index (χ1n) is 6.81. The molecule has 0 radical (unpaired) electrons. The predicted octanol–water partition coefficient (Wildman–Crippen LogP) is 0.0852. The molecule has 122 valence electrons. The molecule has 0 aliphatic carbocycles. The van der Waals surface area contributed by atoms with Gasteiger partial charge in [-0.3, -0.25) is 4.79 Å². The van der Waals surface area contributed by atoms with Gasteiger partial charge in [0.05, 0.1) is 18.7 Å². The average molecular weight is 315 g/mol. The van der Waals surface area contributed by atoms with E-state index in [9.17, 15) is 18.8 Å². The molecule has 0 aromatic rings. The number of hydrogen-bond donors (Lipinski definition) is 1. The van der Waals surface area contributed by atoms with Gasteiger partial charge in [0.2, 0.25) is 5.91 Å². The molecule has 1 fully saturated rings. The van der Waals surface area contributed by atoms with Crippen LogP contribution in [0.1, 0.15) is 20.8 Å². The molecule has 0 unspecified atom stereocenters. The van der Waals surface area contributed by atoms with E-state index in [0.717, 1.165) is 5.06 Å². The number of fused-ring (bicyclic) bond motifs is 2. The van der Waals surface area contributed by atoms with Crippen molar-refractivity contribution in [2.45, 2.75) is 45.3 Å². The zero-order valence-electron chi connectivity index (χ0n) is 12.5. The zero-order chi connectivity index (χ0) is 16.6. The number of hydrogen-bond acceptors (Lipinski definition) is 5. The highest BCUT2D eigenvalue weighted by atomic mass is 19.1. The molecule has 2 heterocycles. The second-order valence-corrected chi connectivity index (χ2v) is 5.45. The van der Waals surface area contributed by atoms with Gasteiger partial charge < -0.3 is 15.4 Å². The van der Waals surface area contributed by atoms with Crippen LogP contribution in [-0.2, 0) is 19.2 Å². The fraction of sp³-hybridized carbons (Fsp3) is 0.615. The molecule has 8 nitrogen and oxygen atoms in total. The van der Waals surface area contributed by atoms with E-state index in [1.807, 2.05) is 0 Å². The number of carbonyl (C=O) groups is 3. The molecule has 0 aromatic carbocycles. The number of esters is 1. The Labute approximate surface area is 126 Å². The molecule has 1 saturated heterocycles. The van der Waals surface area contributed by atoms with E-state index in [4.69, 9.17) is 10.6 Å². The zero-order valence-corrected chi connectivity index (χ0v) is 12.5. The lowest BCUT2D eigenvalue weighted by molar-refractivity contribution is -0.225. The molecular formula is C13H18FN3O5. The number of primary amides is 1. The molecule has 2 N–H and O–H groups in total. The smallest absolute Gasteiger partial charge is 0.371 e. The normalized spacial score (nSPS) is 25.3. The molecule has 0 spiro atoms. The highest BCUT2D eigenvalue weighted by molar-refractivity contribution is 5.90. The number of rotatable bonds is 5. The molecule has 2 rings (SSSR count). The molecule has 2 bridgehead atoms. The van der Waals surface area contributed by atoms with Gasteiger partial charge in [0.1, 0.15) is 6.04 Å². The minimum absolute atomic E-state index is 0.135. The molecule has 2 aliphatic heterocycles. The fourth-order valence-electron chi connectivity index (χ4n) is 2.53. The first-order chi connectivity index (χ1) is 10.2. The van der Waals surface area contributed by atoms with Gasteiger partial charge >= 0.3 is 18.4 Å². The monoisotopic (exact) mass is 315 g/mol. The lowest BCUT2D eigenvalue weighted by Gasteiger charge is -2.27. The lowest BCUT2D eigenvalue weighted by Crippen LogP contribution is -2.48. The number of halogens is 1. The number of carbonyl (C=O) groups excluding carboxylic acids is 3. The van der Waals surface area contributed by atoms with Gasteiger partial charge in [-0.15, -0.1) is 0 Å². The Bertz CT molecular complexity index is 536. The Balaban J connectivity index is 2.10. The Morgan fingerprint density at radius 3 is 2.64 bits per heavy atom. The van der Waals surface area contributed by atoms with Crippen LogP contribution in [0, 0.1) is 0 Å². The predicted molar refractivity (Wildman–Crippen MR) is 71.7 cm³/mol. The van der Waals surface area contributed by atoms with Crippen molar-refractivity contribution in [1.29, 1.82) is 0 Å². The van der Waals surface area contributed by atoms with Crippen LogP contribution >= 0.6 is 0 Å². The highest BCUT2D eigenvalue weighted by Gasteiger charge is 2.48. The number of nitrogens with two attached hydrogens (primary N) is 1. The minimum atomic E-state index is -2.42. The maximum atomic E-state index is 13.8. The number of alkyl halides is 1. The fourth-order valence-corrected chi connectivity index (χ4v) is 2.53. The van der Waals surface area contributed by atoms with Gasteiger partial charge in [-0.05, 0) is 26.3 Å². The maximum Gasteiger partial charge on any atom is 0.371 e. The second-order valence-electron chi connectivity index (χ2n) is 5.45. The van der Waals surface area contributed by atoms with Crippen LogP contribution in [0.25, 0.3) is 0 Å². The lowest BCUT2D eigenvalue weighted by atomic mass is 10.0. The molecule has 0 aromatic heterocycles. The molecule has 22 heavy (non-hydrogen) atoms. The maximum absolute atomic E-state index is 13.8. The third-order valence-corrected chi connectivity index (χ3v) is 3.33. The molecule has 3 amide bonds.